The van der Waals surface area contributed by atoms with Crippen molar-refractivity contribution >= 4 is 6.03 Å². The second kappa shape index (κ2) is 6.43. The van der Waals surface area contributed by atoms with Crippen LogP contribution in [0.1, 0.15) is 49.4 Å². The second-order valence-electron chi connectivity index (χ2n) is 7.08. The number of urea groups is 1. The van der Waals surface area contributed by atoms with E-state index in [9.17, 15) is 4.79 Å². The topological polar surface area (TPSA) is 67.6 Å². The minimum absolute atomic E-state index is 0.0321. The van der Waals surface area contributed by atoms with Gasteiger partial charge in [0.1, 0.15) is 23.3 Å². The van der Waals surface area contributed by atoms with Crippen LogP contribution in [0.3, 0.4) is 0 Å². The number of hydrogen-bond donors (Lipinski definition) is 1. The van der Waals surface area contributed by atoms with Gasteiger partial charge in [0.15, 0.2) is 0 Å². The quantitative estimate of drug-likeness (QED) is 0.925. The maximum Gasteiger partial charge on any atom is 0.317 e. The molecule has 132 valence electrons. The van der Waals surface area contributed by atoms with Crippen molar-refractivity contribution in [3.63, 3.8) is 0 Å². The molecule has 4 rings (SSSR count). The van der Waals surface area contributed by atoms with Crippen LogP contribution in [-0.2, 0) is 6.54 Å². The van der Waals surface area contributed by atoms with Gasteiger partial charge in [0, 0.05) is 25.1 Å². The molecule has 2 aliphatic rings. The lowest BCUT2D eigenvalue weighted by molar-refractivity contribution is 0.0377. The molecule has 1 saturated carbocycles. The molecular formula is C19H23N3O3. The lowest BCUT2D eigenvalue weighted by Crippen LogP contribution is -2.46. The molecule has 2 amide bonds. The summed E-state index contributed by atoms with van der Waals surface area (Å²) in [6.07, 6.45) is 6.84. The third kappa shape index (κ3) is 3.21. The summed E-state index contributed by atoms with van der Waals surface area (Å²) in [6, 6.07) is 9.65. The molecule has 0 saturated heterocycles. The highest BCUT2D eigenvalue weighted by molar-refractivity contribution is 5.74. The lowest BCUT2D eigenvalue weighted by Gasteiger charge is -2.40. The average molecular weight is 341 g/mol. The van der Waals surface area contributed by atoms with Crippen molar-refractivity contribution in [1.29, 1.82) is 0 Å². The fourth-order valence-corrected chi connectivity index (χ4v) is 3.97. The van der Waals surface area contributed by atoms with Crippen LogP contribution in [0.25, 0.3) is 0 Å². The van der Waals surface area contributed by atoms with E-state index in [-0.39, 0.29) is 17.7 Å². The molecule has 0 unspecified atom stereocenters. The van der Waals surface area contributed by atoms with Gasteiger partial charge in [-0.1, -0.05) is 23.4 Å². The summed E-state index contributed by atoms with van der Waals surface area (Å²) in [5.74, 6) is 0.903. The van der Waals surface area contributed by atoms with Crippen LogP contribution in [0.2, 0.25) is 0 Å². The van der Waals surface area contributed by atoms with Crippen LogP contribution in [0, 0.1) is 0 Å². The third-order valence-corrected chi connectivity index (χ3v) is 5.25. The molecule has 1 aromatic carbocycles. The van der Waals surface area contributed by atoms with E-state index in [1.165, 1.54) is 19.1 Å². The van der Waals surface area contributed by atoms with E-state index >= 15 is 0 Å². The molecule has 1 aromatic heterocycles. The molecule has 1 spiro atoms. The van der Waals surface area contributed by atoms with E-state index in [2.05, 4.69) is 10.5 Å². The number of amides is 2. The molecule has 6 heteroatoms. The zero-order valence-corrected chi connectivity index (χ0v) is 14.4. The van der Waals surface area contributed by atoms with Crippen LogP contribution in [0.15, 0.2) is 41.1 Å². The molecule has 1 aliphatic carbocycles. The lowest BCUT2D eigenvalue weighted by atomic mass is 9.86. The summed E-state index contributed by atoms with van der Waals surface area (Å²) >= 11 is 0. The number of carbonyl (C=O) groups is 1. The van der Waals surface area contributed by atoms with E-state index in [4.69, 9.17) is 9.26 Å². The Morgan fingerprint density at radius 3 is 2.88 bits per heavy atom. The second-order valence-corrected chi connectivity index (χ2v) is 7.08. The number of nitrogens with one attached hydrogen (secondary N) is 1. The Balaban J connectivity index is 1.51. The number of rotatable bonds is 3. The molecule has 1 fully saturated rings. The number of nitrogens with zero attached hydrogens (tertiary/aromatic N) is 2. The summed E-state index contributed by atoms with van der Waals surface area (Å²) in [6.45, 7) is 0.415. The number of fused-ring (bicyclic) bond motifs is 1. The minimum Gasteiger partial charge on any atom is -0.487 e. The van der Waals surface area contributed by atoms with Gasteiger partial charge in [-0.15, -0.1) is 0 Å². The maximum absolute atomic E-state index is 12.7. The van der Waals surface area contributed by atoms with Gasteiger partial charge in [-0.25, -0.2) is 4.79 Å². The molecule has 6 nitrogen and oxygen atoms in total. The van der Waals surface area contributed by atoms with Gasteiger partial charge in [-0.3, -0.25) is 0 Å². The molecule has 2 heterocycles. The Hall–Kier alpha value is -2.50. The molecule has 25 heavy (non-hydrogen) atoms. The Labute approximate surface area is 147 Å². The van der Waals surface area contributed by atoms with Crippen LogP contribution in [0.5, 0.6) is 5.75 Å². The normalized spacial score (nSPS) is 20.8. The Morgan fingerprint density at radius 2 is 2.12 bits per heavy atom. The molecule has 1 aliphatic heterocycles. The van der Waals surface area contributed by atoms with Crippen molar-refractivity contribution in [2.75, 3.05) is 7.05 Å². The first kappa shape index (κ1) is 16.0. The highest BCUT2D eigenvalue weighted by Crippen LogP contribution is 2.47. The summed E-state index contributed by atoms with van der Waals surface area (Å²) < 4.78 is 11.2. The van der Waals surface area contributed by atoms with Crippen molar-refractivity contribution in [3.8, 4) is 5.75 Å². The van der Waals surface area contributed by atoms with Crippen molar-refractivity contribution < 1.29 is 14.1 Å². The zero-order valence-electron chi connectivity index (χ0n) is 14.4. The van der Waals surface area contributed by atoms with E-state index in [1.807, 2.05) is 24.3 Å². The predicted octanol–water partition coefficient (Wildman–Crippen LogP) is 3.65. The standard InChI is InChI=1S/C19H23N3O3/c1-22(13-14-8-11-24-21-14)18(23)20-16-12-19(9-4-5-10-19)25-17-7-3-2-6-15(16)17/h2-3,6-8,11,16H,4-5,9-10,12-13H2,1H3,(H,20,23)/t16-/m0/s1. The number of carbonyl (C=O) groups excluding carboxylic acids is 1. The van der Waals surface area contributed by atoms with Gasteiger partial charge < -0.3 is 19.5 Å². The summed E-state index contributed by atoms with van der Waals surface area (Å²) in [5, 5.41) is 7.05. The van der Waals surface area contributed by atoms with Gasteiger partial charge in [-0.2, -0.15) is 0 Å². The van der Waals surface area contributed by atoms with Crippen molar-refractivity contribution in [1.82, 2.24) is 15.4 Å². The average Bonchev–Trinajstić information content (AvgIpc) is 3.27. The number of ether oxygens (including phenoxy) is 1. The fraction of sp³-hybridized carbons (Fsp3) is 0.474. The van der Waals surface area contributed by atoms with Gasteiger partial charge in [0.05, 0.1) is 12.6 Å². The van der Waals surface area contributed by atoms with Crippen molar-refractivity contribution in [2.24, 2.45) is 0 Å². The molecule has 2 aromatic rings. The number of para-hydroxylation sites is 1. The first-order valence-corrected chi connectivity index (χ1v) is 8.84. The zero-order chi connectivity index (χ0) is 17.3. The van der Waals surface area contributed by atoms with Crippen LogP contribution >= 0.6 is 0 Å². The maximum atomic E-state index is 12.7. The van der Waals surface area contributed by atoms with Crippen LogP contribution in [0.4, 0.5) is 4.79 Å². The van der Waals surface area contributed by atoms with E-state index in [0.717, 1.165) is 36.3 Å². The fourth-order valence-electron chi connectivity index (χ4n) is 3.97. The number of aromatic nitrogens is 1. The summed E-state index contributed by atoms with van der Waals surface area (Å²) in [5.41, 5.74) is 1.66. The monoisotopic (exact) mass is 341 g/mol. The molecule has 0 radical (unpaired) electrons. The molecular weight excluding hydrogens is 318 g/mol. The smallest absolute Gasteiger partial charge is 0.317 e. The first-order valence-electron chi connectivity index (χ1n) is 8.84. The largest absolute Gasteiger partial charge is 0.487 e. The van der Waals surface area contributed by atoms with Crippen LogP contribution in [-0.4, -0.2) is 28.7 Å². The van der Waals surface area contributed by atoms with Crippen molar-refractivity contribution in [3.05, 3.63) is 47.9 Å². The van der Waals surface area contributed by atoms with Gasteiger partial charge in [-0.05, 0) is 31.7 Å². The predicted molar refractivity (Wildman–Crippen MR) is 92.1 cm³/mol. The minimum atomic E-state index is -0.128. The Bertz CT molecular complexity index is 738. The van der Waals surface area contributed by atoms with Crippen molar-refractivity contribution in [2.45, 2.75) is 50.3 Å². The highest BCUT2D eigenvalue weighted by atomic mass is 16.5. The Morgan fingerprint density at radius 1 is 1.32 bits per heavy atom. The molecule has 0 bridgehead atoms. The highest BCUT2D eigenvalue weighted by Gasteiger charge is 2.43. The summed E-state index contributed by atoms with van der Waals surface area (Å²) in [7, 11) is 1.76. The SMILES string of the molecule is CN(Cc1ccon1)C(=O)N[C@H]1CC2(CCCC2)Oc2ccccc21. The van der Waals surface area contributed by atoms with Crippen LogP contribution < -0.4 is 10.1 Å². The van der Waals surface area contributed by atoms with E-state index < -0.39 is 0 Å². The van der Waals surface area contributed by atoms with Gasteiger partial charge >= 0.3 is 6.03 Å². The van der Waals surface area contributed by atoms with Gasteiger partial charge in [0.2, 0.25) is 0 Å². The van der Waals surface area contributed by atoms with E-state index in [1.54, 1.807) is 18.0 Å². The van der Waals surface area contributed by atoms with Gasteiger partial charge in [0.25, 0.3) is 0 Å². The first-order chi connectivity index (χ1) is 12.2. The number of hydrogen-bond acceptors (Lipinski definition) is 4. The summed E-state index contributed by atoms with van der Waals surface area (Å²) in [4.78, 5) is 14.3. The number of benzene rings is 1. The van der Waals surface area contributed by atoms with E-state index in [0.29, 0.717) is 6.54 Å². The third-order valence-electron chi connectivity index (χ3n) is 5.25. The molecule has 1 N–H and O–H groups in total. The molecule has 1 atom stereocenters. The Kier molecular flexibility index (Phi) is 4.11.